The van der Waals surface area contributed by atoms with Crippen LogP contribution in [-0.4, -0.2) is 10.9 Å². The number of nitrogens with zero attached hydrogens (tertiary/aromatic N) is 1. The summed E-state index contributed by atoms with van der Waals surface area (Å²) in [7, 11) is 0. The second-order valence-corrected chi connectivity index (χ2v) is 6.17. The average molecular weight is 340 g/mol. The second-order valence-electron chi connectivity index (χ2n) is 4.34. The van der Waals surface area contributed by atoms with Gasteiger partial charge in [-0.2, -0.15) is 0 Å². The molecule has 6 heteroatoms. The Morgan fingerprint density at radius 3 is 2.37 bits per heavy atom. The van der Waals surface area contributed by atoms with Gasteiger partial charge in [0.2, 0.25) is 0 Å². The van der Waals surface area contributed by atoms with Gasteiger partial charge in [-0.05, 0) is 44.0 Å². The average Bonchev–Trinajstić information content (AvgIpc) is 2.65. The zero-order valence-electron chi connectivity index (χ0n) is 10.9. The van der Waals surface area contributed by atoms with E-state index in [1.807, 2.05) is 26.0 Å². The molecule has 3 N–H and O–H groups in total. The lowest BCUT2D eigenvalue weighted by Gasteiger charge is -2.09. The Kier molecular flexibility index (Phi) is 3.91. The summed E-state index contributed by atoms with van der Waals surface area (Å²) in [6.45, 7) is 5.76. The van der Waals surface area contributed by atoms with Gasteiger partial charge in [0, 0.05) is 10.2 Å². The summed E-state index contributed by atoms with van der Waals surface area (Å²) in [6.07, 6.45) is 0. The van der Waals surface area contributed by atoms with Gasteiger partial charge in [-0.3, -0.25) is 4.79 Å². The molecular formula is C13H14BrN3OS. The molecule has 0 spiro atoms. The third-order valence-electron chi connectivity index (χ3n) is 2.71. The number of aromatic nitrogens is 1. The van der Waals surface area contributed by atoms with E-state index in [4.69, 9.17) is 5.73 Å². The van der Waals surface area contributed by atoms with E-state index >= 15 is 0 Å². The molecule has 0 fully saturated rings. The Balaban J connectivity index is 2.27. The van der Waals surface area contributed by atoms with E-state index < -0.39 is 0 Å². The molecule has 19 heavy (non-hydrogen) atoms. The first kappa shape index (κ1) is 14.0. The fraction of sp³-hybridized carbons (Fsp3) is 0.231. The number of halogens is 1. The topological polar surface area (TPSA) is 68.0 Å². The Labute approximate surface area is 124 Å². The predicted octanol–water partition coefficient (Wildman–Crippen LogP) is 3.67. The largest absolute Gasteiger partial charge is 0.375 e. The smallest absolute Gasteiger partial charge is 0.267 e. The molecule has 1 heterocycles. The number of amides is 1. The highest BCUT2D eigenvalue weighted by molar-refractivity contribution is 9.10. The molecule has 1 aromatic heterocycles. The number of carbonyl (C=O) groups is 1. The van der Waals surface area contributed by atoms with Crippen molar-refractivity contribution in [2.24, 2.45) is 0 Å². The summed E-state index contributed by atoms with van der Waals surface area (Å²) in [4.78, 5) is 16.8. The Hall–Kier alpha value is -1.40. The number of anilines is 2. The van der Waals surface area contributed by atoms with E-state index in [0.29, 0.717) is 15.7 Å². The van der Waals surface area contributed by atoms with Crippen LogP contribution in [0.1, 0.15) is 26.5 Å². The number of nitrogens with one attached hydrogen (secondary N) is 1. The highest BCUT2D eigenvalue weighted by Crippen LogP contribution is 2.26. The number of hydrogen-bond donors (Lipinski definition) is 2. The molecule has 1 amide bonds. The summed E-state index contributed by atoms with van der Waals surface area (Å²) < 4.78 is 1.06. The molecular weight excluding hydrogens is 326 g/mol. The van der Waals surface area contributed by atoms with Crippen LogP contribution in [0.25, 0.3) is 0 Å². The third kappa shape index (κ3) is 2.96. The quantitative estimate of drug-likeness (QED) is 0.877. The number of aryl methyl sites for hydroxylation is 3. The maximum absolute atomic E-state index is 12.1. The number of carbonyl (C=O) groups excluding carboxylic acids is 1. The molecule has 2 rings (SSSR count). The predicted molar refractivity (Wildman–Crippen MR) is 82.8 cm³/mol. The first-order valence-corrected chi connectivity index (χ1v) is 7.30. The van der Waals surface area contributed by atoms with Crippen molar-refractivity contribution in [3.8, 4) is 0 Å². The SMILES string of the molecule is Cc1cc(NC(=O)c2sc(N)nc2C)cc(C)c1Br. The minimum absolute atomic E-state index is 0.173. The number of nitrogen functional groups attached to an aromatic ring is 1. The van der Waals surface area contributed by atoms with E-state index in [-0.39, 0.29) is 5.91 Å². The van der Waals surface area contributed by atoms with Crippen molar-refractivity contribution in [3.63, 3.8) is 0 Å². The Morgan fingerprint density at radius 2 is 1.89 bits per heavy atom. The van der Waals surface area contributed by atoms with E-state index in [0.717, 1.165) is 21.3 Å². The zero-order chi connectivity index (χ0) is 14.2. The first-order valence-electron chi connectivity index (χ1n) is 5.69. The van der Waals surface area contributed by atoms with Crippen molar-refractivity contribution in [2.75, 3.05) is 11.1 Å². The van der Waals surface area contributed by atoms with Gasteiger partial charge in [0.25, 0.3) is 5.91 Å². The van der Waals surface area contributed by atoms with Crippen molar-refractivity contribution in [1.29, 1.82) is 0 Å². The van der Waals surface area contributed by atoms with E-state index in [1.165, 1.54) is 11.3 Å². The molecule has 0 unspecified atom stereocenters. The highest BCUT2D eigenvalue weighted by atomic mass is 79.9. The van der Waals surface area contributed by atoms with E-state index in [9.17, 15) is 4.79 Å². The molecule has 0 bridgehead atoms. The standard InChI is InChI=1S/C13H14BrN3OS/c1-6-4-9(5-7(2)10(6)14)17-12(18)11-8(3)16-13(15)19-11/h4-5H,1-3H3,(H2,15,16)(H,17,18). The van der Waals surface area contributed by atoms with Crippen LogP contribution >= 0.6 is 27.3 Å². The number of thiazole rings is 1. The van der Waals surface area contributed by atoms with Gasteiger partial charge in [0.15, 0.2) is 5.13 Å². The minimum Gasteiger partial charge on any atom is -0.375 e. The molecule has 1 aromatic carbocycles. The van der Waals surface area contributed by atoms with Gasteiger partial charge in [0.1, 0.15) is 4.88 Å². The van der Waals surface area contributed by atoms with Crippen molar-refractivity contribution >= 4 is 44.0 Å². The Bertz CT molecular complexity index is 628. The number of benzene rings is 1. The Morgan fingerprint density at radius 1 is 1.32 bits per heavy atom. The monoisotopic (exact) mass is 339 g/mol. The molecule has 0 aliphatic heterocycles. The van der Waals surface area contributed by atoms with Gasteiger partial charge < -0.3 is 11.1 Å². The lowest BCUT2D eigenvalue weighted by Crippen LogP contribution is -2.11. The molecule has 0 saturated carbocycles. The van der Waals surface area contributed by atoms with Crippen LogP contribution in [-0.2, 0) is 0 Å². The number of nitrogens with two attached hydrogens (primary N) is 1. The highest BCUT2D eigenvalue weighted by Gasteiger charge is 2.15. The second kappa shape index (κ2) is 5.30. The fourth-order valence-corrected chi connectivity index (χ4v) is 2.79. The van der Waals surface area contributed by atoms with Crippen molar-refractivity contribution < 1.29 is 4.79 Å². The van der Waals surface area contributed by atoms with Gasteiger partial charge in [0.05, 0.1) is 5.69 Å². The van der Waals surface area contributed by atoms with E-state index in [2.05, 4.69) is 26.2 Å². The zero-order valence-corrected chi connectivity index (χ0v) is 13.3. The summed E-state index contributed by atoms with van der Waals surface area (Å²) in [5.74, 6) is -0.173. The summed E-state index contributed by atoms with van der Waals surface area (Å²) >= 11 is 4.70. The van der Waals surface area contributed by atoms with E-state index in [1.54, 1.807) is 6.92 Å². The first-order chi connectivity index (χ1) is 8.88. The summed E-state index contributed by atoms with van der Waals surface area (Å²) in [5, 5.41) is 3.28. The molecule has 0 aliphatic rings. The summed E-state index contributed by atoms with van der Waals surface area (Å²) in [5.41, 5.74) is 9.19. The maximum atomic E-state index is 12.1. The van der Waals surface area contributed by atoms with Crippen LogP contribution in [0.3, 0.4) is 0 Å². The number of rotatable bonds is 2. The van der Waals surface area contributed by atoms with Gasteiger partial charge in [-0.1, -0.05) is 27.3 Å². The third-order valence-corrected chi connectivity index (χ3v) is 4.95. The van der Waals surface area contributed by atoms with Crippen LogP contribution < -0.4 is 11.1 Å². The van der Waals surface area contributed by atoms with Crippen molar-refractivity contribution in [1.82, 2.24) is 4.98 Å². The van der Waals surface area contributed by atoms with Crippen molar-refractivity contribution in [3.05, 3.63) is 38.3 Å². The van der Waals surface area contributed by atoms with Crippen LogP contribution in [0.5, 0.6) is 0 Å². The molecule has 0 saturated heterocycles. The van der Waals surface area contributed by atoms with Crippen LogP contribution in [0.2, 0.25) is 0 Å². The van der Waals surface area contributed by atoms with Gasteiger partial charge in [-0.15, -0.1) is 0 Å². The molecule has 2 aromatic rings. The molecule has 0 atom stereocenters. The molecule has 4 nitrogen and oxygen atoms in total. The maximum Gasteiger partial charge on any atom is 0.267 e. The molecule has 0 aliphatic carbocycles. The van der Waals surface area contributed by atoms with Crippen LogP contribution in [0.15, 0.2) is 16.6 Å². The minimum atomic E-state index is -0.173. The van der Waals surface area contributed by atoms with Crippen LogP contribution in [0.4, 0.5) is 10.8 Å². The van der Waals surface area contributed by atoms with Crippen LogP contribution in [0, 0.1) is 20.8 Å². The molecule has 0 radical (unpaired) electrons. The lowest BCUT2D eigenvalue weighted by atomic mass is 10.1. The normalized spacial score (nSPS) is 10.5. The number of hydrogen-bond acceptors (Lipinski definition) is 4. The summed E-state index contributed by atoms with van der Waals surface area (Å²) in [6, 6.07) is 3.85. The fourth-order valence-electron chi connectivity index (χ4n) is 1.83. The lowest BCUT2D eigenvalue weighted by molar-refractivity contribution is 0.103. The molecule has 100 valence electrons. The van der Waals surface area contributed by atoms with Gasteiger partial charge >= 0.3 is 0 Å². The van der Waals surface area contributed by atoms with Crippen molar-refractivity contribution in [2.45, 2.75) is 20.8 Å². The van der Waals surface area contributed by atoms with Gasteiger partial charge in [-0.25, -0.2) is 4.98 Å².